The molecule has 2 saturated carbocycles. The molecule has 1 amide bonds. The number of nitrogens with zero attached hydrogens (tertiary/aromatic N) is 4. The number of anilines is 2. The van der Waals surface area contributed by atoms with Crippen LogP contribution in [0.1, 0.15) is 64.2 Å². The maximum Gasteiger partial charge on any atom is 0.223 e. The molecule has 2 saturated heterocycles. The molecule has 41 heavy (non-hydrogen) atoms. The Morgan fingerprint density at radius 1 is 0.780 bits per heavy atom. The van der Waals surface area contributed by atoms with E-state index in [1.165, 1.54) is 56.2 Å². The van der Waals surface area contributed by atoms with Gasteiger partial charge < -0.3 is 19.9 Å². The highest BCUT2D eigenvalue weighted by Crippen LogP contribution is 2.31. The third kappa shape index (κ3) is 7.61. The second kappa shape index (κ2) is 14.0. The van der Waals surface area contributed by atoms with Gasteiger partial charge in [-0.15, -0.1) is 0 Å². The van der Waals surface area contributed by atoms with E-state index in [0.29, 0.717) is 11.9 Å². The first kappa shape index (κ1) is 28.5. The van der Waals surface area contributed by atoms with Crippen LogP contribution in [-0.4, -0.2) is 80.9 Å². The van der Waals surface area contributed by atoms with Crippen LogP contribution in [0.4, 0.5) is 11.6 Å². The Balaban J connectivity index is 0.980. The standard InChI is InChI=1S/C34H49N5O2/c40-34(29-9-5-2-6-10-29)35-31-13-11-27(12-14-31)15-16-37-17-19-38(20-18-37)32-25-30(28-7-3-1-4-8-28)26-33(36-32)39-21-23-41-24-22-39/h1,3-4,7-8,25-27,29,31H,2,5-6,9-24H2,(H,35,40)/t27-,31-. The van der Waals surface area contributed by atoms with Crippen molar-refractivity contribution in [2.24, 2.45) is 11.8 Å². The van der Waals surface area contributed by atoms with E-state index in [1.807, 2.05) is 0 Å². The number of carbonyl (C=O) groups is 1. The Labute approximate surface area is 246 Å². The molecule has 2 aliphatic heterocycles. The molecule has 4 fully saturated rings. The van der Waals surface area contributed by atoms with Crippen LogP contribution in [0.3, 0.4) is 0 Å². The van der Waals surface area contributed by atoms with Crippen molar-refractivity contribution in [1.82, 2.24) is 15.2 Å². The number of nitrogens with one attached hydrogen (secondary N) is 1. The number of ether oxygens (including phenoxy) is 1. The maximum atomic E-state index is 12.7. The van der Waals surface area contributed by atoms with E-state index in [1.54, 1.807) is 0 Å². The quantitative estimate of drug-likeness (QED) is 0.470. The SMILES string of the molecule is O=C(N[C@H]1CC[C@H](CCN2CCN(c3cc(-c4ccccc4)cc(N4CCOCC4)n3)CC2)CC1)C1CCCCC1. The number of hydrogen-bond donors (Lipinski definition) is 1. The van der Waals surface area contributed by atoms with Gasteiger partial charge in [0.05, 0.1) is 13.2 Å². The molecule has 0 bridgehead atoms. The second-order valence-electron chi connectivity index (χ2n) is 12.7. The molecule has 7 heteroatoms. The minimum atomic E-state index is 0.280. The fourth-order valence-electron chi connectivity index (χ4n) is 7.26. The van der Waals surface area contributed by atoms with E-state index >= 15 is 0 Å². The predicted octanol–water partition coefficient (Wildman–Crippen LogP) is 5.35. The highest BCUT2D eigenvalue weighted by molar-refractivity contribution is 5.79. The first-order chi connectivity index (χ1) is 20.2. The van der Waals surface area contributed by atoms with Crippen LogP contribution in [0.2, 0.25) is 0 Å². The number of rotatable bonds is 8. The summed E-state index contributed by atoms with van der Waals surface area (Å²) in [5, 5.41) is 3.40. The summed E-state index contributed by atoms with van der Waals surface area (Å²) in [6, 6.07) is 15.6. The van der Waals surface area contributed by atoms with Gasteiger partial charge in [0, 0.05) is 51.2 Å². The van der Waals surface area contributed by atoms with E-state index < -0.39 is 0 Å². The molecule has 1 aromatic heterocycles. The van der Waals surface area contributed by atoms with Gasteiger partial charge >= 0.3 is 0 Å². The molecule has 0 unspecified atom stereocenters. The van der Waals surface area contributed by atoms with Gasteiger partial charge in [0.25, 0.3) is 0 Å². The van der Waals surface area contributed by atoms with E-state index in [9.17, 15) is 4.79 Å². The molecule has 0 radical (unpaired) electrons. The zero-order valence-corrected chi connectivity index (χ0v) is 24.8. The highest BCUT2D eigenvalue weighted by atomic mass is 16.5. The van der Waals surface area contributed by atoms with Crippen LogP contribution in [0, 0.1) is 11.8 Å². The van der Waals surface area contributed by atoms with Gasteiger partial charge in [-0.2, -0.15) is 0 Å². The van der Waals surface area contributed by atoms with Crippen molar-refractivity contribution in [3.63, 3.8) is 0 Å². The fourth-order valence-corrected chi connectivity index (χ4v) is 7.26. The molecule has 4 aliphatic rings. The van der Waals surface area contributed by atoms with Gasteiger partial charge in [0.2, 0.25) is 5.91 Å². The molecule has 0 atom stereocenters. The molecule has 1 N–H and O–H groups in total. The molecular formula is C34H49N5O2. The third-order valence-corrected chi connectivity index (χ3v) is 9.96. The zero-order valence-electron chi connectivity index (χ0n) is 24.8. The third-order valence-electron chi connectivity index (χ3n) is 9.96. The van der Waals surface area contributed by atoms with Crippen molar-refractivity contribution in [2.75, 3.05) is 68.8 Å². The molecular weight excluding hydrogens is 510 g/mol. The summed E-state index contributed by atoms with van der Waals surface area (Å²) < 4.78 is 5.60. The molecule has 7 nitrogen and oxygen atoms in total. The van der Waals surface area contributed by atoms with Gasteiger partial charge in [0.1, 0.15) is 11.6 Å². The Bertz CT molecular complexity index is 1100. The smallest absolute Gasteiger partial charge is 0.223 e. The summed E-state index contributed by atoms with van der Waals surface area (Å²) in [5.41, 5.74) is 2.48. The van der Waals surface area contributed by atoms with Crippen LogP contribution in [-0.2, 0) is 9.53 Å². The fraction of sp³-hybridized carbons (Fsp3) is 0.647. The lowest BCUT2D eigenvalue weighted by Crippen LogP contribution is -2.47. The number of aromatic nitrogens is 1. The van der Waals surface area contributed by atoms with Crippen molar-refractivity contribution < 1.29 is 9.53 Å². The minimum Gasteiger partial charge on any atom is -0.378 e. The Morgan fingerprint density at radius 3 is 2.12 bits per heavy atom. The number of benzene rings is 1. The highest BCUT2D eigenvalue weighted by Gasteiger charge is 2.27. The first-order valence-corrected chi connectivity index (χ1v) is 16.4. The Kier molecular flexibility index (Phi) is 9.74. The van der Waals surface area contributed by atoms with E-state index in [0.717, 1.165) is 95.7 Å². The first-order valence-electron chi connectivity index (χ1n) is 16.4. The summed E-state index contributed by atoms with van der Waals surface area (Å²) in [4.78, 5) is 25.3. The predicted molar refractivity (Wildman–Crippen MR) is 166 cm³/mol. The van der Waals surface area contributed by atoms with Crippen LogP contribution in [0.25, 0.3) is 11.1 Å². The van der Waals surface area contributed by atoms with E-state index in [4.69, 9.17) is 9.72 Å². The lowest BCUT2D eigenvalue weighted by molar-refractivity contribution is -0.126. The summed E-state index contributed by atoms with van der Waals surface area (Å²) in [5.74, 6) is 3.59. The molecule has 6 rings (SSSR count). The minimum absolute atomic E-state index is 0.280. The van der Waals surface area contributed by atoms with Gasteiger partial charge in [0.15, 0.2) is 0 Å². The van der Waals surface area contributed by atoms with Gasteiger partial charge in [-0.25, -0.2) is 4.98 Å². The summed E-state index contributed by atoms with van der Waals surface area (Å²) >= 11 is 0. The number of amides is 1. The van der Waals surface area contributed by atoms with Crippen molar-refractivity contribution in [3.8, 4) is 11.1 Å². The average molecular weight is 560 g/mol. The summed E-state index contributed by atoms with van der Waals surface area (Å²) in [6.45, 7) is 8.74. The molecule has 1 aromatic carbocycles. The maximum absolute atomic E-state index is 12.7. The largest absolute Gasteiger partial charge is 0.378 e. The van der Waals surface area contributed by atoms with Crippen LogP contribution < -0.4 is 15.1 Å². The van der Waals surface area contributed by atoms with Gasteiger partial charge in [-0.1, -0.05) is 49.6 Å². The molecule has 0 spiro atoms. The van der Waals surface area contributed by atoms with Gasteiger partial charge in [-0.05, 0) is 80.7 Å². The van der Waals surface area contributed by atoms with Crippen molar-refractivity contribution in [1.29, 1.82) is 0 Å². The van der Waals surface area contributed by atoms with Crippen molar-refractivity contribution in [3.05, 3.63) is 42.5 Å². The number of pyridine rings is 1. The number of hydrogen-bond acceptors (Lipinski definition) is 6. The number of carbonyl (C=O) groups excluding carboxylic acids is 1. The lowest BCUT2D eigenvalue weighted by Gasteiger charge is -2.37. The second-order valence-corrected chi connectivity index (χ2v) is 12.7. The topological polar surface area (TPSA) is 60.9 Å². The zero-order chi connectivity index (χ0) is 27.9. The van der Waals surface area contributed by atoms with E-state index in [-0.39, 0.29) is 5.92 Å². The summed E-state index contributed by atoms with van der Waals surface area (Å²) in [7, 11) is 0. The monoisotopic (exact) mass is 559 g/mol. The molecule has 3 heterocycles. The molecule has 2 aromatic rings. The Hall–Kier alpha value is -2.64. The average Bonchev–Trinajstić information content (AvgIpc) is 3.06. The van der Waals surface area contributed by atoms with Crippen LogP contribution >= 0.6 is 0 Å². The molecule has 2 aliphatic carbocycles. The lowest BCUT2D eigenvalue weighted by atomic mass is 9.83. The van der Waals surface area contributed by atoms with Gasteiger partial charge in [-0.3, -0.25) is 9.69 Å². The van der Waals surface area contributed by atoms with Crippen LogP contribution in [0.5, 0.6) is 0 Å². The Morgan fingerprint density at radius 2 is 1.44 bits per heavy atom. The van der Waals surface area contributed by atoms with Crippen molar-refractivity contribution in [2.45, 2.75) is 70.3 Å². The summed E-state index contributed by atoms with van der Waals surface area (Å²) in [6.07, 6.45) is 12.1. The van der Waals surface area contributed by atoms with Crippen molar-refractivity contribution >= 4 is 17.5 Å². The molecule has 222 valence electrons. The van der Waals surface area contributed by atoms with E-state index in [2.05, 4.69) is 62.5 Å². The normalized spacial score (nSPS) is 24.8. The van der Waals surface area contributed by atoms with Crippen LogP contribution in [0.15, 0.2) is 42.5 Å². The number of piperazine rings is 1. The number of morpholine rings is 1.